The van der Waals surface area contributed by atoms with Crippen molar-refractivity contribution in [1.82, 2.24) is 5.32 Å². The highest BCUT2D eigenvalue weighted by atomic mass is 35.5. The van der Waals surface area contributed by atoms with E-state index >= 15 is 0 Å². The Labute approximate surface area is 125 Å². The minimum atomic E-state index is -0.0292. The number of aliphatic hydroxyl groups excluding tert-OH is 1. The van der Waals surface area contributed by atoms with E-state index < -0.39 is 0 Å². The van der Waals surface area contributed by atoms with Crippen molar-refractivity contribution >= 4 is 11.6 Å². The van der Waals surface area contributed by atoms with Gasteiger partial charge in [-0.2, -0.15) is 0 Å². The Bertz CT molecular complexity index is 512. The highest BCUT2D eigenvalue weighted by molar-refractivity contribution is 6.30. The van der Waals surface area contributed by atoms with E-state index in [-0.39, 0.29) is 18.7 Å². The summed E-state index contributed by atoms with van der Waals surface area (Å²) in [6.45, 7) is 2.22. The van der Waals surface area contributed by atoms with Gasteiger partial charge in [-0.3, -0.25) is 0 Å². The molecule has 0 fully saturated rings. The second-order valence-electron chi connectivity index (χ2n) is 5.04. The van der Waals surface area contributed by atoms with Crippen LogP contribution in [0.1, 0.15) is 24.1 Å². The molecule has 2 rings (SSSR count). The van der Waals surface area contributed by atoms with Gasteiger partial charge < -0.3 is 10.4 Å². The maximum atomic E-state index is 9.55. The van der Waals surface area contributed by atoms with Crippen LogP contribution in [0.4, 0.5) is 0 Å². The largest absolute Gasteiger partial charge is 0.394 e. The molecule has 2 unspecified atom stereocenters. The Morgan fingerprint density at radius 1 is 1.05 bits per heavy atom. The average molecular weight is 290 g/mol. The van der Waals surface area contributed by atoms with E-state index in [0.717, 1.165) is 17.0 Å². The Kier molecular flexibility index (Phi) is 5.60. The molecule has 20 heavy (non-hydrogen) atoms. The van der Waals surface area contributed by atoms with Crippen molar-refractivity contribution in [3.8, 4) is 0 Å². The monoisotopic (exact) mass is 289 g/mol. The van der Waals surface area contributed by atoms with Crippen LogP contribution in [-0.2, 0) is 6.42 Å². The normalized spacial score (nSPS) is 13.9. The SMILES string of the molecule is CC(Cc1ccc(Cl)cc1)NC(CO)c1ccccc1. The third kappa shape index (κ3) is 4.34. The van der Waals surface area contributed by atoms with Crippen molar-refractivity contribution in [3.05, 3.63) is 70.7 Å². The van der Waals surface area contributed by atoms with E-state index in [4.69, 9.17) is 11.6 Å². The Balaban J connectivity index is 1.95. The first-order valence-corrected chi connectivity index (χ1v) is 7.23. The van der Waals surface area contributed by atoms with Crippen molar-refractivity contribution in [1.29, 1.82) is 0 Å². The third-order valence-corrected chi connectivity index (χ3v) is 3.58. The van der Waals surface area contributed by atoms with Crippen molar-refractivity contribution in [2.75, 3.05) is 6.61 Å². The number of aliphatic hydroxyl groups is 1. The summed E-state index contributed by atoms with van der Waals surface area (Å²) in [7, 11) is 0. The molecule has 0 aliphatic carbocycles. The lowest BCUT2D eigenvalue weighted by molar-refractivity contribution is 0.235. The van der Waals surface area contributed by atoms with Crippen LogP contribution in [0, 0.1) is 0 Å². The molecule has 0 radical (unpaired) electrons. The van der Waals surface area contributed by atoms with Gasteiger partial charge in [0.25, 0.3) is 0 Å². The molecule has 2 aromatic carbocycles. The molecule has 2 atom stereocenters. The van der Waals surface area contributed by atoms with Gasteiger partial charge >= 0.3 is 0 Å². The van der Waals surface area contributed by atoms with E-state index in [1.54, 1.807) is 0 Å². The van der Waals surface area contributed by atoms with Crippen molar-refractivity contribution in [2.24, 2.45) is 0 Å². The Morgan fingerprint density at radius 2 is 1.70 bits per heavy atom. The highest BCUT2D eigenvalue weighted by Gasteiger charge is 2.13. The summed E-state index contributed by atoms with van der Waals surface area (Å²) in [4.78, 5) is 0. The molecule has 0 bridgehead atoms. The molecule has 0 aliphatic rings. The van der Waals surface area contributed by atoms with Crippen LogP contribution >= 0.6 is 11.6 Å². The van der Waals surface area contributed by atoms with E-state index in [0.29, 0.717) is 0 Å². The molecule has 2 aromatic rings. The number of benzene rings is 2. The summed E-state index contributed by atoms with van der Waals surface area (Å²) in [6, 6.07) is 18.2. The maximum Gasteiger partial charge on any atom is 0.0626 e. The van der Waals surface area contributed by atoms with Crippen LogP contribution in [0.3, 0.4) is 0 Å². The molecule has 0 aromatic heterocycles. The fourth-order valence-electron chi connectivity index (χ4n) is 2.32. The summed E-state index contributed by atoms with van der Waals surface area (Å²) in [6.07, 6.45) is 0.903. The van der Waals surface area contributed by atoms with Gasteiger partial charge in [0.15, 0.2) is 0 Å². The molecule has 2 N–H and O–H groups in total. The van der Waals surface area contributed by atoms with Gasteiger partial charge in [-0.15, -0.1) is 0 Å². The number of rotatable bonds is 6. The fraction of sp³-hybridized carbons (Fsp3) is 0.294. The maximum absolute atomic E-state index is 9.55. The van der Waals surface area contributed by atoms with Gasteiger partial charge in [-0.05, 0) is 36.6 Å². The second-order valence-corrected chi connectivity index (χ2v) is 5.48. The smallest absolute Gasteiger partial charge is 0.0626 e. The van der Waals surface area contributed by atoms with E-state index in [9.17, 15) is 5.11 Å². The molecule has 0 amide bonds. The molecule has 3 heteroatoms. The minimum Gasteiger partial charge on any atom is -0.394 e. The molecule has 106 valence electrons. The van der Waals surface area contributed by atoms with Crippen molar-refractivity contribution in [3.63, 3.8) is 0 Å². The zero-order valence-electron chi connectivity index (χ0n) is 11.6. The van der Waals surface area contributed by atoms with Gasteiger partial charge in [0.2, 0.25) is 0 Å². The van der Waals surface area contributed by atoms with Crippen LogP contribution in [0.25, 0.3) is 0 Å². The van der Waals surface area contributed by atoms with Crippen molar-refractivity contribution < 1.29 is 5.11 Å². The Hall–Kier alpha value is -1.35. The van der Waals surface area contributed by atoms with Crippen LogP contribution in [0.15, 0.2) is 54.6 Å². The first kappa shape index (κ1) is 15.0. The molecule has 0 aliphatic heterocycles. The summed E-state index contributed by atoms with van der Waals surface area (Å²) in [5, 5.41) is 13.8. The van der Waals surface area contributed by atoms with Gasteiger partial charge in [0.05, 0.1) is 12.6 Å². The minimum absolute atomic E-state index is 0.0292. The number of hydrogen-bond acceptors (Lipinski definition) is 2. The Morgan fingerprint density at radius 3 is 2.30 bits per heavy atom. The van der Waals surface area contributed by atoms with E-state index in [2.05, 4.69) is 12.2 Å². The third-order valence-electron chi connectivity index (χ3n) is 3.33. The first-order chi connectivity index (χ1) is 9.69. The molecular weight excluding hydrogens is 270 g/mol. The number of nitrogens with one attached hydrogen (secondary N) is 1. The summed E-state index contributed by atoms with van der Waals surface area (Å²) < 4.78 is 0. The standard InChI is InChI=1S/C17H20ClNO/c1-13(11-14-7-9-16(18)10-8-14)19-17(12-20)15-5-3-2-4-6-15/h2-10,13,17,19-20H,11-12H2,1H3. The van der Waals surface area contributed by atoms with E-state index in [1.165, 1.54) is 5.56 Å². The molecule has 0 saturated heterocycles. The van der Waals surface area contributed by atoms with Gasteiger partial charge in [0, 0.05) is 11.1 Å². The first-order valence-electron chi connectivity index (χ1n) is 6.85. The topological polar surface area (TPSA) is 32.3 Å². The number of halogens is 1. The van der Waals surface area contributed by atoms with Crippen LogP contribution in [0.2, 0.25) is 5.02 Å². The lowest BCUT2D eigenvalue weighted by Crippen LogP contribution is -2.34. The quantitative estimate of drug-likeness (QED) is 0.852. The lowest BCUT2D eigenvalue weighted by Gasteiger charge is -2.22. The number of hydrogen-bond donors (Lipinski definition) is 2. The lowest BCUT2D eigenvalue weighted by atomic mass is 10.0. The highest BCUT2D eigenvalue weighted by Crippen LogP contribution is 2.15. The zero-order chi connectivity index (χ0) is 14.4. The van der Waals surface area contributed by atoms with Crippen LogP contribution in [-0.4, -0.2) is 17.8 Å². The molecule has 0 saturated carbocycles. The zero-order valence-corrected chi connectivity index (χ0v) is 12.3. The van der Waals surface area contributed by atoms with E-state index in [1.807, 2.05) is 54.6 Å². The molecule has 0 spiro atoms. The van der Waals surface area contributed by atoms with Crippen LogP contribution in [0.5, 0.6) is 0 Å². The second kappa shape index (κ2) is 7.44. The summed E-state index contributed by atoms with van der Waals surface area (Å²) >= 11 is 5.89. The summed E-state index contributed by atoms with van der Waals surface area (Å²) in [5.41, 5.74) is 2.34. The van der Waals surface area contributed by atoms with Crippen LogP contribution < -0.4 is 5.32 Å². The van der Waals surface area contributed by atoms with Gasteiger partial charge in [-0.25, -0.2) is 0 Å². The average Bonchev–Trinajstić information content (AvgIpc) is 2.48. The summed E-state index contributed by atoms with van der Waals surface area (Å²) in [5.74, 6) is 0. The molecular formula is C17H20ClNO. The fourth-order valence-corrected chi connectivity index (χ4v) is 2.44. The predicted molar refractivity (Wildman–Crippen MR) is 84.0 cm³/mol. The molecule has 2 nitrogen and oxygen atoms in total. The molecule has 0 heterocycles. The van der Waals surface area contributed by atoms with Crippen molar-refractivity contribution in [2.45, 2.75) is 25.4 Å². The van der Waals surface area contributed by atoms with Gasteiger partial charge in [-0.1, -0.05) is 54.1 Å². The van der Waals surface area contributed by atoms with Gasteiger partial charge in [0.1, 0.15) is 0 Å². The predicted octanol–water partition coefficient (Wildman–Crippen LogP) is 3.59.